The molecule has 10 heteroatoms. The predicted octanol–water partition coefficient (Wildman–Crippen LogP) is 3.53. The number of carbonyl (C=O) groups is 4. The smallest absolute Gasteiger partial charge is 0.299 e. The summed E-state index contributed by atoms with van der Waals surface area (Å²) in [7, 11) is 0. The Hall–Kier alpha value is -4.73. The molecule has 0 aromatic heterocycles. The number of halogens is 1. The van der Waals surface area contributed by atoms with Gasteiger partial charge in [-0.05, 0) is 36.8 Å². The van der Waals surface area contributed by atoms with Crippen LogP contribution in [0, 0.1) is 5.82 Å². The van der Waals surface area contributed by atoms with Gasteiger partial charge < -0.3 is 19.7 Å². The molecule has 0 saturated heterocycles. The lowest BCUT2D eigenvalue weighted by Gasteiger charge is -2.32. The Bertz CT molecular complexity index is 1440. The maximum Gasteiger partial charge on any atom is 0.299 e. The van der Waals surface area contributed by atoms with Gasteiger partial charge in [-0.3, -0.25) is 24.1 Å². The van der Waals surface area contributed by atoms with Gasteiger partial charge in [0.2, 0.25) is 18.6 Å². The van der Waals surface area contributed by atoms with Crippen LogP contribution in [0.2, 0.25) is 0 Å². The quantitative estimate of drug-likeness (QED) is 0.459. The summed E-state index contributed by atoms with van der Waals surface area (Å²) in [6, 6.07) is 16.3. The standard InChI is InChI=1S/C28H24FN3O6/c1-2-21(27(35)30-18-11-12-23-24(13-18)38-16-37-23)31(14-17-7-3-5-9-20(17)29)25(33)15-32-22-10-6-4-8-19(22)26(34)28(32)36/h3-13,21H,2,14-16H2,1H3,(H,30,35). The topological polar surface area (TPSA) is 105 Å². The summed E-state index contributed by atoms with van der Waals surface area (Å²) in [5, 5.41) is 2.79. The summed E-state index contributed by atoms with van der Waals surface area (Å²) in [6.07, 6.45) is 0.208. The Morgan fingerprint density at radius 1 is 1.03 bits per heavy atom. The van der Waals surface area contributed by atoms with Crippen molar-refractivity contribution < 1.29 is 33.0 Å². The van der Waals surface area contributed by atoms with Crippen LogP contribution in [0.25, 0.3) is 0 Å². The summed E-state index contributed by atoms with van der Waals surface area (Å²) >= 11 is 0. The molecule has 194 valence electrons. The number of Topliss-reactive ketones (excluding diaryl/α,β-unsaturated/α-hetero) is 1. The zero-order valence-corrected chi connectivity index (χ0v) is 20.5. The van der Waals surface area contributed by atoms with Gasteiger partial charge in [0.1, 0.15) is 18.4 Å². The Kier molecular flexibility index (Phi) is 6.78. The highest BCUT2D eigenvalue weighted by molar-refractivity contribution is 6.52. The zero-order chi connectivity index (χ0) is 26.8. The van der Waals surface area contributed by atoms with Gasteiger partial charge >= 0.3 is 0 Å². The highest BCUT2D eigenvalue weighted by Crippen LogP contribution is 2.34. The van der Waals surface area contributed by atoms with Crippen molar-refractivity contribution in [3.63, 3.8) is 0 Å². The minimum absolute atomic E-state index is 0.0795. The predicted molar refractivity (Wildman–Crippen MR) is 135 cm³/mol. The molecule has 9 nitrogen and oxygen atoms in total. The molecule has 38 heavy (non-hydrogen) atoms. The largest absolute Gasteiger partial charge is 0.454 e. The Morgan fingerprint density at radius 2 is 1.76 bits per heavy atom. The number of nitrogens with one attached hydrogen (secondary N) is 1. The zero-order valence-electron chi connectivity index (χ0n) is 20.5. The first-order valence-corrected chi connectivity index (χ1v) is 12.1. The molecule has 0 spiro atoms. The number of carbonyl (C=O) groups excluding carboxylic acids is 4. The molecular formula is C28H24FN3O6. The monoisotopic (exact) mass is 517 g/mol. The van der Waals surface area contributed by atoms with Gasteiger partial charge in [0, 0.05) is 23.9 Å². The molecule has 0 saturated carbocycles. The van der Waals surface area contributed by atoms with Crippen LogP contribution in [0.4, 0.5) is 15.8 Å². The third-order valence-corrected chi connectivity index (χ3v) is 6.50. The first-order valence-electron chi connectivity index (χ1n) is 12.1. The first-order chi connectivity index (χ1) is 18.4. The van der Waals surface area contributed by atoms with Gasteiger partial charge in [0.15, 0.2) is 11.5 Å². The van der Waals surface area contributed by atoms with Crippen molar-refractivity contribution in [2.75, 3.05) is 23.6 Å². The molecular weight excluding hydrogens is 493 g/mol. The number of nitrogens with zero attached hydrogens (tertiary/aromatic N) is 2. The molecule has 1 N–H and O–H groups in total. The molecule has 1 unspecified atom stereocenters. The molecule has 3 amide bonds. The van der Waals surface area contributed by atoms with E-state index in [1.807, 2.05) is 0 Å². The second-order valence-corrected chi connectivity index (χ2v) is 8.83. The van der Waals surface area contributed by atoms with E-state index in [0.29, 0.717) is 22.9 Å². The third kappa shape index (κ3) is 4.68. The van der Waals surface area contributed by atoms with Crippen molar-refractivity contribution in [1.82, 2.24) is 4.90 Å². The van der Waals surface area contributed by atoms with E-state index >= 15 is 0 Å². The molecule has 2 aliphatic heterocycles. The molecule has 3 aromatic carbocycles. The molecule has 3 aromatic rings. The van der Waals surface area contributed by atoms with E-state index in [-0.39, 0.29) is 30.9 Å². The van der Waals surface area contributed by atoms with Crippen molar-refractivity contribution in [3.05, 3.63) is 83.7 Å². The summed E-state index contributed by atoms with van der Waals surface area (Å²) in [5.41, 5.74) is 1.17. The molecule has 0 fully saturated rings. The van der Waals surface area contributed by atoms with Gasteiger partial charge in [-0.25, -0.2) is 4.39 Å². The molecule has 0 aliphatic carbocycles. The van der Waals surface area contributed by atoms with Crippen LogP contribution in [0.3, 0.4) is 0 Å². The molecule has 2 heterocycles. The SMILES string of the molecule is CCC(C(=O)Nc1ccc2c(c1)OCO2)N(Cc1ccccc1F)C(=O)CN1C(=O)C(=O)c2ccccc21. The van der Waals surface area contributed by atoms with Crippen LogP contribution in [0.15, 0.2) is 66.7 Å². The highest BCUT2D eigenvalue weighted by Gasteiger charge is 2.39. The van der Waals surface area contributed by atoms with E-state index in [1.54, 1.807) is 49.4 Å². The van der Waals surface area contributed by atoms with E-state index < -0.39 is 41.9 Å². The fourth-order valence-electron chi connectivity index (χ4n) is 4.56. The number of fused-ring (bicyclic) bond motifs is 2. The number of ether oxygens (including phenoxy) is 2. The average molecular weight is 518 g/mol. The molecule has 0 bridgehead atoms. The second kappa shape index (κ2) is 10.3. The number of ketones is 1. The van der Waals surface area contributed by atoms with E-state index in [4.69, 9.17) is 9.47 Å². The Balaban J connectivity index is 1.42. The van der Waals surface area contributed by atoms with Gasteiger partial charge in [-0.15, -0.1) is 0 Å². The summed E-state index contributed by atoms with van der Waals surface area (Å²) in [6.45, 7) is 1.11. The van der Waals surface area contributed by atoms with Crippen molar-refractivity contribution >= 4 is 34.9 Å². The van der Waals surface area contributed by atoms with Crippen molar-refractivity contribution in [2.45, 2.75) is 25.9 Å². The average Bonchev–Trinajstić information content (AvgIpc) is 3.48. The molecule has 1 atom stereocenters. The lowest BCUT2D eigenvalue weighted by molar-refractivity contribution is -0.138. The number of benzene rings is 3. The van der Waals surface area contributed by atoms with Crippen LogP contribution >= 0.6 is 0 Å². The van der Waals surface area contributed by atoms with E-state index in [9.17, 15) is 23.6 Å². The van der Waals surface area contributed by atoms with Crippen molar-refractivity contribution in [1.29, 1.82) is 0 Å². The fraction of sp³-hybridized carbons (Fsp3) is 0.214. The number of para-hydroxylation sites is 1. The maximum atomic E-state index is 14.6. The number of anilines is 2. The number of rotatable bonds is 8. The minimum atomic E-state index is -1.00. The second-order valence-electron chi connectivity index (χ2n) is 8.83. The molecule has 0 radical (unpaired) electrons. The Morgan fingerprint density at radius 3 is 2.55 bits per heavy atom. The number of hydrogen-bond donors (Lipinski definition) is 1. The normalized spacial score (nSPS) is 14.3. The van der Waals surface area contributed by atoms with Crippen LogP contribution in [-0.2, 0) is 20.9 Å². The summed E-state index contributed by atoms with van der Waals surface area (Å²) in [4.78, 5) is 54.5. The fourth-order valence-corrected chi connectivity index (χ4v) is 4.56. The first kappa shape index (κ1) is 24.9. The molecule has 2 aliphatic rings. The van der Waals surface area contributed by atoms with Crippen LogP contribution in [0.1, 0.15) is 29.3 Å². The maximum absolute atomic E-state index is 14.6. The van der Waals surface area contributed by atoms with Crippen molar-refractivity contribution in [3.8, 4) is 11.5 Å². The van der Waals surface area contributed by atoms with E-state index in [1.165, 1.54) is 29.2 Å². The van der Waals surface area contributed by atoms with Crippen LogP contribution < -0.4 is 19.7 Å². The van der Waals surface area contributed by atoms with E-state index in [0.717, 1.165) is 4.90 Å². The van der Waals surface area contributed by atoms with Gasteiger partial charge in [0.25, 0.3) is 11.7 Å². The highest BCUT2D eigenvalue weighted by atomic mass is 19.1. The number of amides is 3. The lowest BCUT2D eigenvalue weighted by atomic mass is 10.1. The van der Waals surface area contributed by atoms with E-state index in [2.05, 4.69) is 5.32 Å². The minimum Gasteiger partial charge on any atom is -0.454 e. The lowest BCUT2D eigenvalue weighted by Crippen LogP contribution is -2.50. The van der Waals surface area contributed by atoms with Crippen LogP contribution in [0.5, 0.6) is 11.5 Å². The summed E-state index contributed by atoms with van der Waals surface area (Å²) < 4.78 is 25.3. The van der Waals surface area contributed by atoms with Crippen LogP contribution in [-0.4, -0.2) is 47.8 Å². The third-order valence-electron chi connectivity index (χ3n) is 6.50. The van der Waals surface area contributed by atoms with Crippen molar-refractivity contribution in [2.24, 2.45) is 0 Å². The molecule has 5 rings (SSSR count). The number of hydrogen-bond acceptors (Lipinski definition) is 6. The Labute approximate surface area is 217 Å². The van der Waals surface area contributed by atoms with Gasteiger partial charge in [-0.1, -0.05) is 37.3 Å². The van der Waals surface area contributed by atoms with Gasteiger partial charge in [0.05, 0.1) is 11.3 Å². The van der Waals surface area contributed by atoms with Gasteiger partial charge in [-0.2, -0.15) is 0 Å². The summed E-state index contributed by atoms with van der Waals surface area (Å²) in [5.74, 6) is -2.15.